The lowest BCUT2D eigenvalue weighted by Gasteiger charge is -2.09. The van der Waals surface area contributed by atoms with Gasteiger partial charge in [-0.3, -0.25) is 4.79 Å². The molecule has 0 saturated heterocycles. The number of sulfonamides is 1. The highest BCUT2D eigenvalue weighted by Crippen LogP contribution is 2.22. The van der Waals surface area contributed by atoms with Gasteiger partial charge in [0.1, 0.15) is 12.4 Å². The van der Waals surface area contributed by atoms with Crippen LogP contribution in [-0.2, 0) is 16.6 Å². The van der Waals surface area contributed by atoms with Gasteiger partial charge in [-0.2, -0.15) is 0 Å². The molecule has 8 heteroatoms. The molecular weight excluding hydrogens is 361 g/mol. The Morgan fingerprint density at radius 2 is 1.78 bits per heavy atom. The zero-order valence-electron chi connectivity index (χ0n) is 12.0. The molecule has 2 aromatic rings. The lowest BCUT2D eigenvalue weighted by atomic mass is 10.2. The Bertz CT molecular complexity index is 820. The summed E-state index contributed by atoms with van der Waals surface area (Å²) >= 11 is 11.9. The van der Waals surface area contributed by atoms with Crippen molar-refractivity contribution in [2.45, 2.75) is 6.61 Å². The predicted octanol–water partition coefficient (Wildman–Crippen LogP) is 3.26. The zero-order valence-corrected chi connectivity index (χ0v) is 14.4. The minimum Gasteiger partial charge on any atom is -0.489 e. The molecular formula is C15H13Cl2NO4S. The van der Waals surface area contributed by atoms with Gasteiger partial charge in [0, 0.05) is 21.2 Å². The molecule has 1 amide bonds. The monoisotopic (exact) mass is 373 g/mol. The zero-order chi connectivity index (χ0) is 17.0. The van der Waals surface area contributed by atoms with Crippen molar-refractivity contribution in [1.82, 2.24) is 4.72 Å². The van der Waals surface area contributed by atoms with Crippen LogP contribution < -0.4 is 9.46 Å². The fourth-order valence-electron chi connectivity index (χ4n) is 1.73. The van der Waals surface area contributed by atoms with Gasteiger partial charge in [0.05, 0.1) is 6.26 Å². The summed E-state index contributed by atoms with van der Waals surface area (Å²) in [6.45, 7) is 0.241. The summed E-state index contributed by atoms with van der Waals surface area (Å²) in [5.74, 6) is -0.174. The Morgan fingerprint density at radius 1 is 1.13 bits per heavy atom. The van der Waals surface area contributed by atoms with Gasteiger partial charge in [0.15, 0.2) is 0 Å². The van der Waals surface area contributed by atoms with Crippen molar-refractivity contribution in [3.63, 3.8) is 0 Å². The maximum atomic E-state index is 11.7. The summed E-state index contributed by atoms with van der Waals surface area (Å²) in [6.07, 6.45) is 0.915. The summed E-state index contributed by atoms with van der Waals surface area (Å²) in [5, 5.41) is 1.04. The van der Waals surface area contributed by atoms with E-state index in [0.717, 1.165) is 11.8 Å². The molecule has 122 valence electrons. The van der Waals surface area contributed by atoms with Crippen LogP contribution in [-0.4, -0.2) is 20.6 Å². The first-order valence-corrected chi connectivity index (χ1v) is 9.08. The second-order valence-corrected chi connectivity index (χ2v) is 7.34. The lowest BCUT2D eigenvalue weighted by molar-refractivity contribution is 0.0981. The third-order valence-electron chi connectivity index (χ3n) is 2.80. The summed E-state index contributed by atoms with van der Waals surface area (Å²) in [6, 6.07) is 11.2. The highest BCUT2D eigenvalue weighted by Gasteiger charge is 2.11. The number of amides is 1. The number of hydrogen-bond acceptors (Lipinski definition) is 4. The van der Waals surface area contributed by atoms with Gasteiger partial charge < -0.3 is 4.74 Å². The fraction of sp³-hybridized carbons (Fsp3) is 0.133. The van der Waals surface area contributed by atoms with E-state index in [1.807, 2.05) is 4.72 Å². The van der Waals surface area contributed by atoms with Gasteiger partial charge in [-0.25, -0.2) is 13.1 Å². The van der Waals surface area contributed by atoms with Crippen LogP contribution in [0.15, 0.2) is 42.5 Å². The second kappa shape index (κ2) is 7.21. The number of ether oxygens (including phenoxy) is 1. The van der Waals surface area contributed by atoms with Crippen molar-refractivity contribution in [2.75, 3.05) is 6.26 Å². The molecule has 0 aromatic heterocycles. The minimum absolute atomic E-state index is 0.215. The van der Waals surface area contributed by atoms with Gasteiger partial charge in [-0.05, 0) is 36.4 Å². The van der Waals surface area contributed by atoms with E-state index in [2.05, 4.69) is 0 Å². The van der Waals surface area contributed by atoms with E-state index in [-0.39, 0.29) is 12.2 Å². The highest BCUT2D eigenvalue weighted by molar-refractivity contribution is 7.89. The average Bonchev–Trinajstić information content (AvgIpc) is 2.45. The number of nitrogens with one attached hydrogen (secondary N) is 1. The molecule has 0 unspecified atom stereocenters. The Labute approximate surface area is 144 Å². The molecule has 2 aromatic carbocycles. The Morgan fingerprint density at radius 3 is 2.35 bits per heavy atom. The molecule has 2 rings (SSSR count). The fourth-order valence-corrected chi connectivity index (χ4v) is 2.65. The largest absolute Gasteiger partial charge is 0.489 e. The standard InChI is InChI=1S/C15H13Cl2NO4S/c1-23(20,21)18-15(19)10-3-6-13(7-4-10)22-9-11-2-5-12(16)8-14(11)17/h2-8H,9H2,1H3,(H,18,19). The molecule has 0 aliphatic rings. The van der Waals surface area contributed by atoms with Crippen molar-refractivity contribution in [3.8, 4) is 5.75 Å². The average molecular weight is 374 g/mol. The van der Waals surface area contributed by atoms with Crippen LogP contribution in [0.25, 0.3) is 0 Å². The molecule has 0 aliphatic carbocycles. The highest BCUT2D eigenvalue weighted by atomic mass is 35.5. The minimum atomic E-state index is -3.59. The van der Waals surface area contributed by atoms with Crippen LogP contribution in [0.4, 0.5) is 0 Å². The third kappa shape index (κ3) is 5.42. The van der Waals surface area contributed by atoms with Crippen molar-refractivity contribution < 1.29 is 17.9 Å². The van der Waals surface area contributed by atoms with Gasteiger partial charge >= 0.3 is 0 Å². The molecule has 23 heavy (non-hydrogen) atoms. The van der Waals surface area contributed by atoms with Crippen LogP contribution in [0.1, 0.15) is 15.9 Å². The second-order valence-electron chi connectivity index (χ2n) is 4.75. The topological polar surface area (TPSA) is 72.5 Å². The maximum absolute atomic E-state index is 11.7. The summed E-state index contributed by atoms with van der Waals surface area (Å²) in [5.41, 5.74) is 0.988. The summed E-state index contributed by atoms with van der Waals surface area (Å²) < 4.78 is 29.5. The third-order valence-corrected chi connectivity index (χ3v) is 3.95. The quantitative estimate of drug-likeness (QED) is 0.872. The van der Waals surface area contributed by atoms with Crippen LogP contribution in [0.3, 0.4) is 0 Å². The number of carbonyl (C=O) groups excluding carboxylic acids is 1. The van der Waals surface area contributed by atoms with Crippen molar-refractivity contribution in [2.24, 2.45) is 0 Å². The van der Waals surface area contributed by atoms with Crippen molar-refractivity contribution >= 4 is 39.1 Å². The number of carbonyl (C=O) groups is 1. The molecule has 0 spiro atoms. The summed E-state index contributed by atoms with van der Waals surface area (Å²) in [4.78, 5) is 11.7. The van der Waals surface area contributed by atoms with Gasteiger partial charge in [0.25, 0.3) is 5.91 Å². The smallest absolute Gasteiger partial charge is 0.264 e. The predicted molar refractivity (Wildman–Crippen MR) is 89.5 cm³/mol. The van der Waals surface area contributed by atoms with Gasteiger partial charge in [-0.1, -0.05) is 29.3 Å². The first kappa shape index (κ1) is 17.6. The van der Waals surface area contributed by atoms with Crippen molar-refractivity contribution in [1.29, 1.82) is 0 Å². The molecule has 0 heterocycles. The normalized spacial score (nSPS) is 11.1. The molecule has 5 nitrogen and oxygen atoms in total. The Balaban J connectivity index is 2.01. The molecule has 0 bridgehead atoms. The van der Waals surface area contributed by atoms with Crippen LogP contribution in [0.5, 0.6) is 5.75 Å². The number of rotatable bonds is 5. The SMILES string of the molecule is CS(=O)(=O)NC(=O)c1ccc(OCc2ccc(Cl)cc2Cl)cc1. The van der Waals surface area contributed by atoms with Crippen molar-refractivity contribution in [3.05, 3.63) is 63.6 Å². The number of benzene rings is 2. The molecule has 0 radical (unpaired) electrons. The van der Waals surface area contributed by atoms with Gasteiger partial charge in [0.2, 0.25) is 10.0 Å². The first-order valence-electron chi connectivity index (χ1n) is 6.43. The van der Waals surface area contributed by atoms with Crippen LogP contribution >= 0.6 is 23.2 Å². The first-order chi connectivity index (χ1) is 10.7. The van der Waals surface area contributed by atoms with E-state index < -0.39 is 15.9 Å². The van der Waals surface area contributed by atoms with E-state index in [9.17, 15) is 13.2 Å². The van der Waals surface area contributed by atoms with E-state index in [1.54, 1.807) is 30.3 Å². The molecule has 0 saturated carbocycles. The Hall–Kier alpha value is -1.76. The van der Waals surface area contributed by atoms with Crippen LogP contribution in [0.2, 0.25) is 10.0 Å². The summed E-state index contributed by atoms with van der Waals surface area (Å²) in [7, 11) is -3.59. The van der Waals surface area contributed by atoms with Crippen LogP contribution in [0, 0.1) is 0 Å². The van der Waals surface area contributed by atoms with E-state index >= 15 is 0 Å². The maximum Gasteiger partial charge on any atom is 0.264 e. The Kier molecular flexibility index (Phi) is 5.51. The molecule has 0 aliphatic heterocycles. The molecule has 0 atom stereocenters. The molecule has 1 N–H and O–H groups in total. The van der Waals surface area contributed by atoms with Gasteiger partial charge in [-0.15, -0.1) is 0 Å². The van der Waals surface area contributed by atoms with E-state index in [4.69, 9.17) is 27.9 Å². The van der Waals surface area contributed by atoms with E-state index in [1.165, 1.54) is 12.1 Å². The number of hydrogen-bond donors (Lipinski definition) is 1. The number of halogens is 2. The van der Waals surface area contributed by atoms with E-state index in [0.29, 0.717) is 15.8 Å². The lowest BCUT2D eigenvalue weighted by Crippen LogP contribution is -2.29. The molecule has 0 fully saturated rings.